The number of para-hydroxylation sites is 1. The Kier molecular flexibility index (Phi) is 5.53. The molecule has 0 radical (unpaired) electrons. The van der Waals surface area contributed by atoms with Crippen LogP contribution >= 0.6 is 11.8 Å². The van der Waals surface area contributed by atoms with Crippen molar-refractivity contribution in [1.29, 1.82) is 0 Å². The maximum atomic E-state index is 13.0. The molecule has 2 aliphatic rings. The van der Waals surface area contributed by atoms with Crippen molar-refractivity contribution in [3.8, 4) is 0 Å². The molecule has 3 heterocycles. The van der Waals surface area contributed by atoms with Crippen molar-refractivity contribution in [1.82, 2.24) is 9.88 Å². The van der Waals surface area contributed by atoms with Gasteiger partial charge in [0.1, 0.15) is 5.70 Å². The predicted octanol–water partition coefficient (Wildman–Crippen LogP) is 3.18. The zero-order valence-corrected chi connectivity index (χ0v) is 16.1. The van der Waals surface area contributed by atoms with Gasteiger partial charge in [-0.2, -0.15) is 0 Å². The van der Waals surface area contributed by atoms with Gasteiger partial charge in [-0.3, -0.25) is 19.5 Å². The van der Waals surface area contributed by atoms with Crippen molar-refractivity contribution in [3.63, 3.8) is 0 Å². The lowest BCUT2D eigenvalue weighted by Gasteiger charge is -2.19. The van der Waals surface area contributed by atoms with E-state index in [4.69, 9.17) is 0 Å². The number of amides is 2. The van der Waals surface area contributed by atoms with E-state index in [1.165, 1.54) is 11.8 Å². The number of anilines is 1. The summed E-state index contributed by atoms with van der Waals surface area (Å²) in [5.74, 6) is 0.146. The second kappa shape index (κ2) is 8.39. The lowest BCUT2D eigenvalue weighted by atomic mass is 10.2. The average molecular weight is 392 g/mol. The summed E-state index contributed by atoms with van der Waals surface area (Å²) in [6, 6.07) is 14.9. The molecule has 4 rings (SSSR count). The molecule has 142 valence electrons. The van der Waals surface area contributed by atoms with Gasteiger partial charge in [0.2, 0.25) is 5.91 Å². The van der Waals surface area contributed by atoms with Crippen molar-refractivity contribution in [3.05, 3.63) is 66.1 Å². The van der Waals surface area contributed by atoms with Crippen LogP contribution in [0.3, 0.4) is 0 Å². The minimum Gasteiger partial charge on any atom is -0.342 e. The molecule has 0 aliphatic carbocycles. The number of thioether (sulfide) groups is 1. The van der Waals surface area contributed by atoms with Crippen LogP contribution in [0.4, 0.5) is 5.69 Å². The molecule has 1 aromatic heterocycles. The van der Waals surface area contributed by atoms with E-state index < -0.39 is 0 Å². The molecule has 0 unspecified atom stereocenters. The molecule has 0 spiro atoms. The van der Waals surface area contributed by atoms with Crippen LogP contribution in [-0.4, -0.2) is 45.7 Å². The Balaban J connectivity index is 1.59. The van der Waals surface area contributed by atoms with Gasteiger partial charge in [0.15, 0.2) is 5.17 Å². The van der Waals surface area contributed by atoms with Gasteiger partial charge < -0.3 is 4.90 Å². The third-order valence-corrected chi connectivity index (χ3v) is 5.52. The lowest BCUT2D eigenvalue weighted by Crippen LogP contribution is -2.33. The quantitative estimate of drug-likeness (QED) is 0.750. The van der Waals surface area contributed by atoms with Crippen LogP contribution in [0.2, 0.25) is 0 Å². The molecule has 1 fully saturated rings. The summed E-state index contributed by atoms with van der Waals surface area (Å²) in [6.45, 7) is 1.63. The van der Waals surface area contributed by atoms with Crippen molar-refractivity contribution < 1.29 is 9.59 Å². The highest BCUT2D eigenvalue weighted by Gasteiger charge is 2.32. The second-order valence-electron chi connectivity index (χ2n) is 6.53. The van der Waals surface area contributed by atoms with E-state index >= 15 is 0 Å². The highest BCUT2D eigenvalue weighted by molar-refractivity contribution is 8.14. The first-order chi connectivity index (χ1) is 13.7. The van der Waals surface area contributed by atoms with Crippen molar-refractivity contribution in [2.75, 3.05) is 23.7 Å². The van der Waals surface area contributed by atoms with Gasteiger partial charge in [0.05, 0.1) is 17.1 Å². The summed E-state index contributed by atoms with van der Waals surface area (Å²) in [6.07, 6.45) is 5.47. The molecular formula is C21H20N4O2S. The number of hydrogen-bond donors (Lipinski definition) is 0. The number of rotatable bonds is 4. The fourth-order valence-electron chi connectivity index (χ4n) is 3.18. The first-order valence-electron chi connectivity index (χ1n) is 9.24. The molecule has 0 saturated carbocycles. The van der Waals surface area contributed by atoms with Gasteiger partial charge >= 0.3 is 0 Å². The number of amidine groups is 1. The van der Waals surface area contributed by atoms with Gasteiger partial charge in [-0.15, -0.1) is 0 Å². The molecule has 0 atom stereocenters. The maximum Gasteiger partial charge on any atom is 0.283 e. The molecule has 2 amide bonds. The summed E-state index contributed by atoms with van der Waals surface area (Å²) < 4.78 is 0. The number of carbonyl (C=O) groups is 2. The minimum atomic E-state index is -0.215. The average Bonchev–Trinajstić information content (AvgIpc) is 3.37. The van der Waals surface area contributed by atoms with Crippen LogP contribution in [-0.2, 0) is 9.59 Å². The molecular weight excluding hydrogens is 372 g/mol. The van der Waals surface area contributed by atoms with Crippen molar-refractivity contribution >= 4 is 40.5 Å². The molecule has 2 aromatic rings. The summed E-state index contributed by atoms with van der Waals surface area (Å²) >= 11 is 1.30. The molecule has 0 N–H and O–H groups in total. The first kappa shape index (κ1) is 18.4. The van der Waals surface area contributed by atoms with Gasteiger partial charge in [-0.05, 0) is 43.2 Å². The standard InChI is InChI=1S/C21H20N4O2S/c26-19(24-12-6-7-13-24)15-28-21-23-18(14-16-8-4-5-11-22-16)20(27)25(21)17-9-2-1-3-10-17/h1-5,8-11,14H,6-7,12-13,15H2/b18-14+. The van der Waals surface area contributed by atoms with Gasteiger partial charge in [-0.1, -0.05) is 36.0 Å². The van der Waals surface area contributed by atoms with Crippen LogP contribution in [0.5, 0.6) is 0 Å². The number of aromatic nitrogens is 1. The zero-order chi connectivity index (χ0) is 19.3. The first-order valence-corrected chi connectivity index (χ1v) is 10.2. The minimum absolute atomic E-state index is 0.0906. The normalized spacial score (nSPS) is 18.1. The Morgan fingerprint density at radius 3 is 2.54 bits per heavy atom. The van der Waals surface area contributed by atoms with E-state index in [-0.39, 0.29) is 17.6 Å². The summed E-state index contributed by atoms with van der Waals surface area (Å²) in [7, 11) is 0. The number of aliphatic imine (C=N–C) groups is 1. The highest BCUT2D eigenvalue weighted by atomic mass is 32.2. The maximum absolute atomic E-state index is 13.0. The third-order valence-electron chi connectivity index (χ3n) is 4.60. The van der Waals surface area contributed by atoms with Gasteiger partial charge in [0, 0.05) is 19.3 Å². The number of benzene rings is 1. The Bertz CT molecular complexity index is 922. The molecule has 2 aliphatic heterocycles. The predicted molar refractivity (Wildman–Crippen MR) is 112 cm³/mol. The molecule has 28 heavy (non-hydrogen) atoms. The Hall–Kier alpha value is -2.93. The fraction of sp³-hybridized carbons (Fsp3) is 0.238. The molecule has 0 bridgehead atoms. The number of carbonyl (C=O) groups excluding carboxylic acids is 2. The zero-order valence-electron chi connectivity index (χ0n) is 15.3. The van der Waals surface area contributed by atoms with Crippen molar-refractivity contribution in [2.24, 2.45) is 4.99 Å². The van der Waals surface area contributed by atoms with Crippen LogP contribution < -0.4 is 4.90 Å². The van der Waals surface area contributed by atoms with Crippen LogP contribution in [0.25, 0.3) is 6.08 Å². The van der Waals surface area contributed by atoms with E-state index in [0.29, 0.717) is 16.6 Å². The monoisotopic (exact) mass is 392 g/mol. The molecule has 1 saturated heterocycles. The van der Waals surface area contributed by atoms with Crippen LogP contribution in [0, 0.1) is 0 Å². The summed E-state index contributed by atoms with van der Waals surface area (Å²) in [5, 5.41) is 0.519. The van der Waals surface area contributed by atoms with E-state index in [1.54, 1.807) is 17.2 Å². The highest BCUT2D eigenvalue weighted by Crippen LogP contribution is 2.29. The Morgan fingerprint density at radius 2 is 1.82 bits per heavy atom. The summed E-state index contributed by atoms with van der Waals surface area (Å²) in [4.78, 5) is 37.7. The molecule has 7 heteroatoms. The smallest absolute Gasteiger partial charge is 0.283 e. The van der Waals surface area contributed by atoms with Gasteiger partial charge in [-0.25, -0.2) is 4.99 Å². The third kappa shape index (κ3) is 3.99. The summed E-state index contributed by atoms with van der Waals surface area (Å²) in [5.41, 5.74) is 1.72. The largest absolute Gasteiger partial charge is 0.342 e. The Labute approximate surface area is 168 Å². The SMILES string of the molecule is O=C(CSC1=N/C(=C/c2ccccn2)C(=O)N1c1ccccc1)N1CCCC1. The number of pyridine rings is 1. The van der Waals surface area contributed by atoms with Gasteiger partial charge in [0.25, 0.3) is 5.91 Å². The lowest BCUT2D eigenvalue weighted by molar-refractivity contribution is -0.127. The van der Waals surface area contributed by atoms with E-state index in [0.717, 1.165) is 31.6 Å². The van der Waals surface area contributed by atoms with E-state index in [1.807, 2.05) is 53.4 Å². The van der Waals surface area contributed by atoms with E-state index in [2.05, 4.69) is 9.98 Å². The van der Waals surface area contributed by atoms with E-state index in [9.17, 15) is 9.59 Å². The number of likely N-dealkylation sites (tertiary alicyclic amines) is 1. The number of nitrogens with zero attached hydrogens (tertiary/aromatic N) is 4. The molecule has 1 aromatic carbocycles. The topological polar surface area (TPSA) is 65.9 Å². The van der Waals surface area contributed by atoms with Crippen molar-refractivity contribution in [2.45, 2.75) is 12.8 Å². The van der Waals surface area contributed by atoms with Crippen LogP contribution in [0.15, 0.2) is 65.4 Å². The number of hydrogen-bond acceptors (Lipinski definition) is 5. The van der Waals surface area contributed by atoms with Crippen LogP contribution in [0.1, 0.15) is 18.5 Å². The second-order valence-corrected chi connectivity index (χ2v) is 7.47. The molecule has 6 nitrogen and oxygen atoms in total. The Morgan fingerprint density at radius 1 is 1.07 bits per heavy atom. The fourth-order valence-corrected chi connectivity index (χ4v) is 4.10.